The molecule has 19 heavy (non-hydrogen) atoms. The summed E-state index contributed by atoms with van der Waals surface area (Å²) in [5, 5.41) is 10.3. The van der Waals surface area contributed by atoms with Gasteiger partial charge in [-0.2, -0.15) is 0 Å². The molecule has 0 saturated carbocycles. The molecule has 1 aliphatic carbocycles. The molecule has 0 amide bonds. The van der Waals surface area contributed by atoms with Crippen LogP contribution in [0.15, 0.2) is 23.3 Å². The van der Waals surface area contributed by atoms with E-state index in [1.54, 1.807) is 13.0 Å². The molecule has 1 saturated heterocycles. The van der Waals surface area contributed by atoms with Crippen LogP contribution in [0.2, 0.25) is 0 Å². The molecule has 3 aliphatic rings. The largest absolute Gasteiger partial charge is 0.426 e. The Labute approximate surface area is 113 Å². The minimum absolute atomic E-state index is 0.288. The van der Waals surface area contributed by atoms with Crippen LogP contribution in [0.1, 0.15) is 33.6 Å². The van der Waals surface area contributed by atoms with E-state index >= 15 is 0 Å². The van der Waals surface area contributed by atoms with E-state index in [0.29, 0.717) is 17.9 Å². The molecule has 0 radical (unpaired) electrons. The normalized spacial score (nSPS) is 45.6. The average molecular weight is 264 g/mol. The van der Waals surface area contributed by atoms with Crippen LogP contribution in [-0.4, -0.2) is 29.1 Å². The van der Waals surface area contributed by atoms with Gasteiger partial charge in [-0.25, -0.2) is 4.79 Å². The predicted octanol–water partition coefficient (Wildman–Crippen LogP) is 1.94. The smallest absolute Gasteiger partial charge is 0.336 e. The van der Waals surface area contributed by atoms with E-state index in [2.05, 4.69) is 13.0 Å². The van der Waals surface area contributed by atoms with Crippen molar-refractivity contribution in [2.45, 2.75) is 51.6 Å². The number of allylic oxidation sites excluding steroid dienone is 1. The molecule has 1 fully saturated rings. The summed E-state index contributed by atoms with van der Waals surface area (Å²) in [6, 6.07) is 0. The van der Waals surface area contributed by atoms with Gasteiger partial charge in [-0.05, 0) is 43.8 Å². The molecular weight excluding hydrogens is 244 g/mol. The lowest BCUT2D eigenvalue weighted by molar-refractivity contribution is -0.271. The number of ether oxygens (including phenoxy) is 2. The number of esters is 1. The van der Waals surface area contributed by atoms with E-state index in [9.17, 15) is 9.90 Å². The first-order chi connectivity index (χ1) is 8.92. The fourth-order valence-electron chi connectivity index (χ4n) is 3.47. The number of rotatable bonds is 0. The second-order valence-electron chi connectivity index (χ2n) is 6.09. The van der Waals surface area contributed by atoms with Gasteiger partial charge in [-0.15, -0.1) is 0 Å². The first-order valence-corrected chi connectivity index (χ1v) is 6.87. The number of fused-ring (bicyclic) bond motifs is 1. The zero-order valence-electron chi connectivity index (χ0n) is 11.6. The molecule has 5 atom stereocenters. The van der Waals surface area contributed by atoms with Crippen LogP contribution in [0.25, 0.3) is 0 Å². The van der Waals surface area contributed by atoms with Crippen LogP contribution in [0, 0.1) is 11.8 Å². The van der Waals surface area contributed by atoms with Crippen LogP contribution in [0.5, 0.6) is 0 Å². The summed E-state index contributed by atoms with van der Waals surface area (Å²) in [4.78, 5) is 11.6. The Morgan fingerprint density at radius 2 is 2.16 bits per heavy atom. The van der Waals surface area contributed by atoms with Crippen molar-refractivity contribution in [1.82, 2.24) is 0 Å². The van der Waals surface area contributed by atoms with Crippen molar-refractivity contribution in [2.75, 3.05) is 0 Å². The molecule has 3 rings (SSSR count). The number of hydrogen-bond donors (Lipinski definition) is 1. The summed E-state index contributed by atoms with van der Waals surface area (Å²) in [6.07, 6.45) is 4.54. The Kier molecular flexibility index (Phi) is 2.84. The average Bonchev–Trinajstić information content (AvgIpc) is 2.59. The summed E-state index contributed by atoms with van der Waals surface area (Å²) >= 11 is 0. The number of hydrogen-bond acceptors (Lipinski definition) is 4. The van der Waals surface area contributed by atoms with E-state index < -0.39 is 11.9 Å². The van der Waals surface area contributed by atoms with Crippen molar-refractivity contribution >= 4 is 5.97 Å². The van der Waals surface area contributed by atoms with E-state index in [-0.39, 0.29) is 18.0 Å². The van der Waals surface area contributed by atoms with Crippen LogP contribution in [-0.2, 0) is 14.3 Å². The van der Waals surface area contributed by atoms with Gasteiger partial charge >= 0.3 is 5.97 Å². The lowest BCUT2D eigenvalue weighted by atomic mass is 9.73. The molecule has 2 aliphatic heterocycles. The van der Waals surface area contributed by atoms with E-state index in [1.165, 1.54) is 0 Å². The maximum Gasteiger partial charge on any atom is 0.336 e. The quantitative estimate of drug-likeness (QED) is 0.536. The molecule has 0 aromatic rings. The van der Waals surface area contributed by atoms with Gasteiger partial charge in [0.05, 0.1) is 6.10 Å². The Morgan fingerprint density at radius 1 is 1.42 bits per heavy atom. The fourth-order valence-corrected chi connectivity index (χ4v) is 3.47. The topological polar surface area (TPSA) is 55.8 Å². The summed E-state index contributed by atoms with van der Waals surface area (Å²) in [5.74, 6) is -0.645. The van der Waals surface area contributed by atoms with Crippen molar-refractivity contribution in [1.29, 1.82) is 0 Å². The molecular formula is C15H20O4. The standard InChI is InChI=1S/C15H20O4/c1-8-4-5-11-9(2)6-15(18-13(11)12(8)16)7-10(3)14(17)19-15/h4,7,9,11-13,16H,5-6H2,1-3H3/t9-,11+,12+,13+,15+/m0/s1. The Hall–Kier alpha value is -1.13. The SMILES string of the molecule is CC1=C[C@@]2(C[C@H](C)[C@H]3CC=C(C)[C@@H](O)[C@@H]3O2)OC1=O. The molecule has 0 unspecified atom stereocenters. The van der Waals surface area contributed by atoms with Gasteiger partial charge in [0.15, 0.2) is 0 Å². The molecule has 1 N–H and O–H groups in total. The highest BCUT2D eigenvalue weighted by Gasteiger charge is 2.52. The molecule has 4 heteroatoms. The highest BCUT2D eigenvalue weighted by Crippen LogP contribution is 2.46. The van der Waals surface area contributed by atoms with Crippen molar-refractivity contribution in [3.63, 3.8) is 0 Å². The third kappa shape index (κ3) is 1.94. The summed E-state index contributed by atoms with van der Waals surface area (Å²) in [6.45, 7) is 5.79. The van der Waals surface area contributed by atoms with Gasteiger partial charge in [0, 0.05) is 12.0 Å². The van der Waals surface area contributed by atoms with Crippen molar-refractivity contribution in [3.05, 3.63) is 23.3 Å². The Balaban J connectivity index is 1.91. The minimum atomic E-state index is -0.958. The Bertz CT molecular complexity index is 479. The van der Waals surface area contributed by atoms with Crippen LogP contribution < -0.4 is 0 Å². The zero-order valence-corrected chi connectivity index (χ0v) is 11.6. The third-order valence-electron chi connectivity index (χ3n) is 4.61. The maximum atomic E-state index is 11.6. The molecule has 4 nitrogen and oxygen atoms in total. The van der Waals surface area contributed by atoms with Gasteiger partial charge in [0.2, 0.25) is 5.79 Å². The molecule has 1 spiro atoms. The van der Waals surface area contributed by atoms with Gasteiger partial charge < -0.3 is 14.6 Å². The highest BCUT2D eigenvalue weighted by molar-refractivity contribution is 5.90. The van der Waals surface area contributed by atoms with Crippen LogP contribution in [0.3, 0.4) is 0 Å². The molecule has 0 aromatic carbocycles. The minimum Gasteiger partial charge on any atom is -0.426 e. The summed E-state index contributed by atoms with van der Waals surface area (Å²) < 4.78 is 11.4. The van der Waals surface area contributed by atoms with Gasteiger partial charge in [-0.1, -0.05) is 13.0 Å². The molecule has 0 aromatic heterocycles. The second kappa shape index (κ2) is 4.18. The Morgan fingerprint density at radius 3 is 2.79 bits per heavy atom. The maximum absolute atomic E-state index is 11.6. The van der Waals surface area contributed by atoms with E-state index in [0.717, 1.165) is 12.0 Å². The fraction of sp³-hybridized carbons (Fsp3) is 0.667. The third-order valence-corrected chi connectivity index (χ3v) is 4.61. The van der Waals surface area contributed by atoms with Crippen molar-refractivity contribution in [2.24, 2.45) is 11.8 Å². The van der Waals surface area contributed by atoms with Crippen molar-refractivity contribution < 1.29 is 19.4 Å². The van der Waals surface area contributed by atoms with Gasteiger partial charge in [0.25, 0.3) is 0 Å². The first-order valence-electron chi connectivity index (χ1n) is 6.87. The van der Waals surface area contributed by atoms with E-state index in [4.69, 9.17) is 9.47 Å². The zero-order chi connectivity index (χ0) is 13.8. The highest BCUT2D eigenvalue weighted by atomic mass is 16.7. The van der Waals surface area contributed by atoms with Gasteiger partial charge in [-0.3, -0.25) is 0 Å². The number of carbonyl (C=O) groups is 1. The van der Waals surface area contributed by atoms with Crippen LogP contribution in [0.4, 0.5) is 0 Å². The molecule has 104 valence electrons. The second-order valence-corrected chi connectivity index (χ2v) is 6.09. The van der Waals surface area contributed by atoms with Crippen molar-refractivity contribution in [3.8, 4) is 0 Å². The number of carbonyl (C=O) groups excluding carboxylic acids is 1. The first kappa shape index (κ1) is 12.9. The number of aliphatic hydroxyl groups excluding tert-OH is 1. The van der Waals surface area contributed by atoms with Crippen LogP contribution >= 0.6 is 0 Å². The van der Waals surface area contributed by atoms with E-state index in [1.807, 2.05) is 6.92 Å². The monoisotopic (exact) mass is 264 g/mol. The lowest BCUT2D eigenvalue weighted by Crippen LogP contribution is -2.54. The number of aliphatic hydroxyl groups is 1. The van der Waals surface area contributed by atoms with Gasteiger partial charge in [0.1, 0.15) is 6.10 Å². The summed E-state index contributed by atoms with van der Waals surface area (Å²) in [5.41, 5.74) is 1.53. The predicted molar refractivity (Wildman–Crippen MR) is 69.1 cm³/mol. The molecule has 0 bridgehead atoms. The summed E-state index contributed by atoms with van der Waals surface area (Å²) in [7, 11) is 0. The lowest BCUT2D eigenvalue weighted by Gasteiger charge is -2.47. The molecule has 2 heterocycles.